The first-order valence-electron chi connectivity index (χ1n) is 6.67. The van der Waals surface area contributed by atoms with Crippen molar-refractivity contribution in [3.8, 4) is 0 Å². The highest BCUT2D eigenvalue weighted by atomic mass is 16.2. The van der Waals surface area contributed by atoms with Crippen molar-refractivity contribution < 1.29 is 14.4 Å². The highest BCUT2D eigenvalue weighted by Crippen LogP contribution is 2.26. The third-order valence-electron chi connectivity index (χ3n) is 3.93. The number of fused-ring (bicyclic) bond motifs is 1. The van der Waals surface area contributed by atoms with E-state index in [1.807, 2.05) is 26.2 Å². The molecule has 1 aromatic rings. The topological polar surface area (TPSA) is 66.5 Å². The van der Waals surface area contributed by atoms with Gasteiger partial charge in [-0.1, -0.05) is 24.4 Å². The minimum atomic E-state index is -0.544. The van der Waals surface area contributed by atoms with Crippen LogP contribution >= 0.6 is 0 Å². The smallest absolute Gasteiger partial charge is 0.255 e. The van der Waals surface area contributed by atoms with Crippen LogP contribution in [0.15, 0.2) is 18.2 Å². The number of nitrogens with one attached hydrogen (secondary N) is 1. The SMILES string of the molecule is C[B]c1cccc2c1CN(C1CCC(=O)NC1=O)C2=O. The van der Waals surface area contributed by atoms with Crippen LogP contribution in [0.1, 0.15) is 28.8 Å². The normalized spacial score (nSPS) is 21.8. The average molecular weight is 269 g/mol. The lowest BCUT2D eigenvalue weighted by atomic mass is 9.70. The van der Waals surface area contributed by atoms with E-state index in [4.69, 9.17) is 0 Å². The Kier molecular flexibility index (Phi) is 3.08. The van der Waals surface area contributed by atoms with Crippen molar-refractivity contribution in [3.63, 3.8) is 0 Å². The third-order valence-corrected chi connectivity index (χ3v) is 3.93. The molecule has 2 aliphatic rings. The Balaban J connectivity index is 1.90. The Bertz CT molecular complexity index is 614. The molecular weight excluding hydrogens is 255 g/mol. The van der Waals surface area contributed by atoms with Gasteiger partial charge >= 0.3 is 0 Å². The molecule has 1 aromatic carbocycles. The molecule has 2 heterocycles. The fraction of sp³-hybridized carbons (Fsp3) is 0.357. The van der Waals surface area contributed by atoms with Gasteiger partial charge in [-0.05, 0) is 18.1 Å². The number of imide groups is 1. The van der Waals surface area contributed by atoms with Gasteiger partial charge in [0.2, 0.25) is 11.8 Å². The van der Waals surface area contributed by atoms with Gasteiger partial charge in [0, 0.05) is 18.5 Å². The Labute approximate surface area is 117 Å². The molecule has 3 amide bonds. The maximum atomic E-state index is 12.4. The van der Waals surface area contributed by atoms with E-state index in [2.05, 4.69) is 5.32 Å². The maximum Gasteiger partial charge on any atom is 0.255 e. The monoisotopic (exact) mass is 269 g/mol. The van der Waals surface area contributed by atoms with Gasteiger partial charge in [0.1, 0.15) is 13.3 Å². The van der Waals surface area contributed by atoms with Gasteiger partial charge in [-0.15, -0.1) is 0 Å². The zero-order valence-electron chi connectivity index (χ0n) is 11.2. The van der Waals surface area contributed by atoms with E-state index in [0.717, 1.165) is 11.0 Å². The molecule has 1 fully saturated rings. The minimum Gasteiger partial charge on any atom is -0.322 e. The minimum absolute atomic E-state index is 0.127. The molecule has 0 bridgehead atoms. The first-order valence-corrected chi connectivity index (χ1v) is 6.67. The van der Waals surface area contributed by atoms with Crippen molar-refractivity contribution in [3.05, 3.63) is 29.3 Å². The van der Waals surface area contributed by atoms with Crippen LogP contribution < -0.4 is 10.8 Å². The van der Waals surface area contributed by atoms with Gasteiger partial charge in [-0.25, -0.2) is 0 Å². The molecule has 101 valence electrons. The molecule has 6 heteroatoms. The predicted octanol–water partition coefficient (Wildman–Crippen LogP) is -0.175. The summed E-state index contributed by atoms with van der Waals surface area (Å²) in [6.45, 7) is 2.36. The van der Waals surface area contributed by atoms with Crippen molar-refractivity contribution in [2.24, 2.45) is 0 Å². The molecule has 20 heavy (non-hydrogen) atoms. The fourth-order valence-electron chi connectivity index (χ4n) is 2.88. The molecular formula is C14H14BN2O3. The van der Waals surface area contributed by atoms with E-state index in [9.17, 15) is 14.4 Å². The first kappa shape index (κ1) is 12.9. The maximum absolute atomic E-state index is 12.4. The quantitative estimate of drug-likeness (QED) is 0.598. The highest BCUT2D eigenvalue weighted by Gasteiger charge is 2.39. The van der Waals surface area contributed by atoms with Crippen molar-refractivity contribution in [2.45, 2.75) is 32.3 Å². The van der Waals surface area contributed by atoms with Gasteiger partial charge in [0.25, 0.3) is 5.91 Å². The molecule has 3 rings (SSSR count). The lowest BCUT2D eigenvalue weighted by Crippen LogP contribution is -2.52. The Morgan fingerprint density at radius 3 is 2.80 bits per heavy atom. The summed E-state index contributed by atoms with van der Waals surface area (Å²) in [7, 11) is 1.96. The number of piperidine rings is 1. The van der Waals surface area contributed by atoms with Gasteiger partial charge in [-0.2, -0.15) is 0 Å². The Morgan fingerprint density at radius 2 is 2.10 bits per heavy atom. The van der Waals surface area contributed by atoms with Crippen LogP contribution in [0, 0.1) is 0 Å². The summed E-state index contributed by atoms with van der Waals surface area (Å²) in [6.07, 6.45) is 0.679. The molecule has 0 saturated carbocycles. The standard InChI is InChI=1S/C14H14BN2O3/c1-15-10-4-2-3-8-9(10)7-17(14(8)20)11-5-6-12(18)16-13(11)19/h2-4,11H,5-7H2,1H3,(H,16,18,19). The average Bonchev–Trinajstić information content (AvgIpc) is 2.76. The van der Waals surface area contributed by atoms with Crippen LogP contribution in [0.25, 0.3) is 0 Å². The largest absolute Gasteiger partial charge is 0.322 e. The summed E-state index contributed by atoms with van der Waals surface area (Å²) in [5.74, 6) is -0.763. The second-order valence-electron chi connectivity index (χ2n) is 5.06. The number of rotatable bonds is 2. The van der Waals surface area contributed by atoms with Crippen LogP contribution in [0.2, 0.25) is 6.82 Å². The first-order chi connectivity index (χ1) is 9.61. The van der Waals surface area contributed by atoms with Crippen molar-refractivity contribution in [1.82, 2.24) is 10.2 Å². The summed E-state index contributed by atoms with van der Waals surface area (Å²) in [4.78, 5) is 37.1. The summed E-state index contributed by atoms with van der Waals surface area (Å²) in [6, 6.07) is 5.05. The summed E-state index contributed by atoms with van der Waals surface area (Å²) in [5, 5.41) is 2.30. The molecule has 1 N–H and O–H groups in total. The van der Waals surface area contributed by atoms with Gasteiger partial charge < -0.3 is 4.90 Å². The van der Waals surface area contributed by atoms with Crippen molar-refractivity contribution in [2.75, 3.05) is 0 Å². The summed E-state index contributed by atoms with van der Waals surface area (Å²) < 4.78 is 0. The number of hydrogen-bond donors (Lipinski definition) is 1. The molecule has 1 unspecified atom stereocenters. The molecule has 5 nitrogen and oxygen atoms in total. The van der Waals surface area contributed by atoms with Crippen LogP contribution in [0.4, 0.5) is 0 Å². The molecule has 0 aromatic heterocycles. The van der Waals surface area contributed by atoms with Crippen LogP contribution in [0.5, 0.6) is 0 Å². The summed E-state index contributed by atoms with van der Waals surface area (Å²) >= 11 is 0. The lowest BCUT2D eigenvalue weighted by Gasteiger charge is -2.29. The van der Waals surface area contributed by atoms with Crippen molar-refractivity contribution in [1.29, 1.82) is 0 Å². The third kappa shape index (κ3) is 1.92. The second kappa shape index (κ2) is 4.78. The van der Waals surface area contributed by atoms with E-state index >= 15 is 0 Å². The van der Waals surface area contributed by atoms with Crippen LogP contribution in [-0.4, -0.2) is 35.9 Å². The molecule has 0 aliphatic carbocycles. The van der Waals surface area contributed by atoms with Gasteiger partial charge in [-0.3, -0.25) is 19.7 Å². The molecule has 2 aliphatic heterocycles. The molecule has 1 atom stereocenters. The van der Waals surface area contributed by atoms with E-state index < -0.39 is 6.04 Å². The second-order valence-corrected chi connectivity index (χ2v) is 5.06. The Morgan fingerprint density at radius 1 is 1.30 bits per heavy atom. The van der Waals surface area contributed by atoms with Gasteiger partial charge in [0.05, 0.1) is 0 Å². The van der Waals surface area contributed by atoms with Gasteiger partial charge in [0.15, 0.2) is 0 Å². The number of carbonyl (C=O) groups excluding carboxylic acids is 3. The fourth-order valence-corrected chi connectivity index (χ4v) is 2.88. The number of hydrogen-bond acceptors (Lipinski definition) is 3. The zero-order chi connectivity index (χ0) is 14.3. The zero-order valence-corrected chi connectivity index (χ0v) is 11.2. The van der Waals surface area contributed by atoms with Crippen LogP contribution in [-0.2, 0) is 16.1 Å². The highest BCUT2D eigenvalue weighted by molar-refractivity contribution is 6.53. The lowest BCUT2D eigenvalue weighted by molar-refractivity contribution is -0.136. The van der Waals surface area contributed by atoms with E-state index in [1.54, 1.807) is 11.0 Å². The number of amides is 3. The van der Waals surface area contributed by atoms with E-state index in [-0.39, 0.29) is 24.1 Å². The molecule has 0 spiro atoms. The van der Waals surface area contributed by atoms with Crippen molar-refractivity contribution >= 4 is 30.5 Å². The van der Waals surface area contributed by atoms with E-state index in [0.29, 0.717) is 18.5 Å². The van der Waals surface area contributed by atoms with E-state index in [1.165, 1.54) is 0 Å². The summed E-state index contributed by atoms with van der Waals surface area (Å²) in [5.41, 5.74) is 2.64. The predicted molar refractivity (Wildman–Crippen MR) is 73.7 cm³/mol. The molecule has 1 saturated heterocycles. The number of carbonyl (C=O) groups is 3. The number of nitrogens with zero attached hydrogens (tertiary/aromatic N) is 1. The Hall–Kier alpha value is -2.11. The van der Waals surface area contributed by atoms with Crippen LogP contribution in [0.3, 0.4) is 0 Å². The number of benzene rings is 1. The molecule has 1 radical (unpaired) electrons.